The third-order valence-corrected chi connectivity index (χ3v) is 3.07. The van der Waals surface area contributed by atoms with Gasteiger partial charge in [0.1, 0.15) is 11.3 Å². The molecular formula is C11H12F3NO. The average Bonchev–Trinajstić information content (AvgIpc) is 2.22. The van der Waals surface area contributed by atoms with E-state index in [-0.39, 0.29) is 17.9 Å². The van der Waals surface area contributed by atoms with Gasteiger partial charge < -0.3 is 10.5 Å². The summed E-state index contributed by atoms with van der Waals surface area (Å²) in [5.74, 6) is -0.581. The Bertz CT molecular complexity index is 404. The quantitative estimate of drug-likeness (QED) is 0.744. The van der Waals surface area contributed by atoms with Gasteiger partial charge in [-0.2, -0.15) is 13.2 Å². The van der Waals surface area contributed by atoms with Crippen LogP contribution in [0.15, 0.2) is 24.3 Å². The van der Waals surface area contributed by atoms with Gasteiger partial charge in [-0.3, -0.25) is 0 Å². The van der Waals surface area contributed by atoms with E-state index in [1.165, 1.54) is 25.1 Å². The van der Waals surface area contributed by atoms with E-state index in [1.807, 2.05) is 0 Å². The normalized spacial score (nSPS) is 29.4. The van der Waals surface area contributed by atoms with Crippen LogP contribution in [0.25, 0.3) is 0 Å². The number of para-hydroxylation sites is 1. The first-order valence-corrected chi connectivity index (χ1v) is 4.95. The first kappa shape index (κ1) is 11.3. The van der Waals surface area contributed by atoms with Gasteiger partial charge in [0, 0.05) is 11.5 Å². The Kier molecular flexibility index (Phi) is 2.38. The van der Waals surface area contributed by atoms with Crippen LogP contribution in [0.1, 0.15) is 12.5 Å². The third-order valence-electron chi connectivity index (χ3n) is 3.07. The van der Waals surface area contributed by atoms with Crippen molar-refractivity contribution in [3.8, 4) is 5.75 Å². The maximum atomic E-state index is 13.1. The predicted octanol–water partition coefficient (Wildman–Crippen LogP) is 2.43. The maximum Gasteiger partial charge on any atom is 0.411 e. The van der Waals surface area contributed by atoms with Gasteiger partial charge >= 0.3 is 6.18 Å². The van der Waals surface area contributed by atoms with Crippen LogP contribution in [0.5, 0.6) is 5.75 Å². The second-order valence-electron chi connectivity index (χ2n) is 4.07. The van der Waals surface area contributed by atoms with Crippen molar-refractivity contribution in [2.45, 2.75) is 18.6 Å². The van der Waals surface area contributed by atoms with Gasteiger partial charge in [-0.05, 0) is 6.07 Å². The van der Waals surface area contributed by atoms with Crippen LogP contribution in [-0.4, -0.2) is 12.8 Å². The molecule has 1 aliphatic rings. The molecule has 1 heterocycles. The monoisotopic (exact) mass is 231 g/mol. The second-order valence-corrected chi connectivity index (χ2v) is 4.07. The van der Waals surface area contributed by atoms with Gasteiger partial charge in [0.25, 0.3) is 0 Å². The lowest BCUT2D eigenvalue weighted by Crippen LogP contribution is -2.58. The highest BCUT2D eigenvalue weighted by atomic mass is 19.4. The largest absolute Gasteiger partial charge is 0.493 e. The van der Waals surface area contributed by atoms with Crippen LogP contribution in [0.2, 0.25) is 0 Å². The van der Waals surface area contributed by atoms with E-state index >= 15 is 0 Å². The predicted molar refractivity (Wildman–Crippen MR) is 53.0 cm³/mol. The number of fused-ring (bicyclic) bond motifs is 1. The highest BCUT2D eigenvalue weighted by Crippen LogP contribution is 2.48. The van der Waals surface area contributed by atoms with Gasteiger partial charge in [-0.15, -0.1) is 0 Å². The summed E-state index contributed by atoms with van der Waals surface area (Å²) in [7, 11) is 0. The number of ether oxygens (including phenoxy) is 1. The molecule has 2 N–H and O–H groups in total. The van der Waals surface area contributed by atoms with Crippen molar-refractivity contribution in [1.29, 1.82) is 0 Å². The Morgan fingerprint density at radius 3 is 2.62 bits per heavy atom. The number of nitrogens with two attached hydrogens (primary N) is 1. The summed E-state index contributed by atoms with van der Waals surface area (Å²) in [5.41, 5.74) is 3.28. The van der Waals surface area contributed by atoms with E-state index in [4.69, 9.17) is 10.5 Å². The van der Waals surface area contributed by atoms with Crippen molar-refractivity contribution in [1.82, 2.24) is 0 Å². The summed E-state index contributed by atoms with van der Waals surface area (Å²) >= 11 is 0. The van der Waals surface area contributed by atoms with Crippen molar-refractivity contribution < 1.29 is 17.9 Å². The molecule has 1 aliphatic heterocycles. The zero-order valence-corrected chi connectivity index (χ0v) is 8.71. The molecule has 0 saturated heterocycles. The molecule has 0 aromatic heterocycles. The average molecular weight is 231 g/mol. The van der Waals surface area contributed by atoms with Gasteiger partial charge in [-0.1, -0.05) is 25.1 Å². The van der Waals surface area contributed by atoms with Crippen molar-refractivity contribution in [2.24, 2.45) is 11.7 Å². The van der Waals surface area contributed by atoms with E-state index in [9.17, 15) is 13.2 Å². The Labute approximate surface area is 91.2 Å². The minimum absolute atomic E-state index is 0.0150. The van der Waals surface area contributed by atoms with Crippen molar-refractivity contribution in [2.75, 3.05) is 6.61 Å². The third kappa shape index (κ3) is 1.38. The van der Waals surface area contributed by atoms with Crippen molar-refractivity contribution >= 4 is 0 Å². The topological polar surface area (TPSA) is 35.2 Å². The molecule has 88 valence electrons. The number of halogens is 3. The molecular weight excluding hydrogens is 219 g/mol. The minimum Gasteiger partial charge on any atom is -0.493 e. The number of rotatable bonds is 0. The smallest absolute Gasteiger partial charge is 0.411 e. The Balaban J connectivity index is 2.61. The highest BCUT2D eigenvalue weighted by Gasteiger charge is 2.59. The van der Waals surface area contributed by atoms with Gasteiger partial charge in [0.05, 0.1) is 6.61 Å². The van der Waals surface area contributed by atoms with Gasteiger partial charge in [0.15, 0.2) is 0 Å². The Morgan fingerprint density at radius 2 is 2.00 bits per heavy atom. The zero-order valence-electron chi connectivity index (χ0n) is 8.71. The molecule has 0 aliphatic carbocycles. The summed E-state index contributed by atoms with van der Waals surface area (Å²) in [6.45, 7) is 1.43. The van der Waals surface area contributed by atoms with E-state index in [2.05, 4.69) is 0 Å². The summed E-state index contributed by atoms with van der Waals surface area (Å²) in [6, 6.07) is 6.05. The van der Waals surface area contributed by atoms with Crippen LogP contribution in [0.3, 0.4) is 0 Å². The van der Waals surface area contributed by atoms with Gasteiger partial charge in [0.2, 0.25) is 0 Å². The molecule has 2 unspecified atom stereocenters. The lowest BCUT2D eigenvalue weighted by atomic mass is 9.77. The molecule has 0 radical (unpaired) electrons. The second kappa shape index (κ2) is 3.38. The molecule has 0 saturated carbocycles. The van der Waals surface area contributed by atoms with Crippen molar-refractivity contribution in [3.05, 3.63) is 29.8 Å². The summed E-state index contributed by atoms with van der Waals surface area (Å²) < 4.78 is 44.5. The lowest BCUT2D eigenvalue weighted by Gasteiger charge is -2.41. The molecule has 2 nitrogen and oxygen atoms in total. The van der Waals surface area contributed by atoms with Crippen LogP contribution in [0.4, 0.5) is 13.2 Å². The molecule has 2 rings (SSSR count). The maximum absolute atomic E-state index is 13.1. The standard InChI is InChI=1S/C11H12F3NO/c1-7-6-16-9-5-3-2-4-8(9)10(7,15)11(12,13)14/h2-5,7H,6,15H2,1H3. The highest BCUT2D eigenvalue weighted by molar-refractivity contribution is 5.42. The fourth-order valence-corrected chi connectivity index (χ4v) is 1.98. The van der Waals surface area contributed by atoms with Crippen LogP contribution in [0, 0.1) is 5.92 Å². The van der Waals surface area contributed by atoms with E-state index in [1.54, 1.807) is 6.07 Å². The van der Waals surface area contributed by atoms with Crippen molar-refractivity contribution in [3.63, 3.8) is 0 Å². The number of benzene rings is 1. The zero-order chi connectivity index (χ0) is 12.0. The molecule has 0 spiro atoms. The molecule has 1 aromatic rings. The number of alkyl halides is 3. The molecule has 2 atom stereocenters. The number of hydrogen-bond acceptors (Lipinski definition) is 2. The Hall–Kier alpha value is -1.23. The lowest BCUT2D eigenvalue weighted by molar-refractivity contribution is -0.210. The molecule has 16 heavy (non-hydrogen) atoms. The summed E-state index contributed by atoms with van der Waals surface area (Å²) in [6.07, 6.45) is -4.48. The molecule has 5 heteroatoms. The van der Waals surface area contributed by atoms with E-state index in [0.717, 1.165) is 0 Å². The first-order valence-electron chi connectivity index (χ1n) is 4.95. The molecule has 0 amide bonds. The summed E-state index contributed by atoms with van der Waals surface area (Å²) in [4.78, 5) is 0. The fourth-order valence-electron chi connectivity index (χ4n) is 1.98. The van der Waals surface area contributed by atoms with E-state index < -0.39 is 17.6 Å². The minimum atomic E-state index is -4.48. The van der Waals surface area contributed by atoms with Gasteiger partial charge in [-0.25, -0.2) is 0 Å². The Morgan fingerprint density at radius 1 is 1.38 bits per heavy atom. The van der Waals surface area contributed by atoms with Crippen LogP contribution >= 0.6 is 0 Å². The fraction of sp³-hybridized carbons (Fsp3) is 0.455. The molecule has 1 aromatic carbocycles. The van der Waals surface area contributed by atoms with Crippen LogP contribution in [-0.2, 0) is 5.54 Å². The first-order chi connectivity index (χ1) is 7.37. The van der Waals surface area contributed by atoms with Crippen LogP contribution < -0.4 is 10.5 Å². The summed E-state index contributed by atoms with van der Waals surface area (Å²) in [5, 5.41) is 0. The molecule has 0 fully saturated rings. The SMILES string of the molecule is CC1COc2ccccc2C1(N)C(F)(F)F. The van der Waals surface area contributed by atoms with E-state index in [0.29, 0.717) is 0 Å². The number of hydrogen-bond donors (Lipinski definition) is 1. The molecule has 0 bridgehead atoms.